The van der Waals surface area contributed by atoms with Gasteiger partial charge in [-0.15, -0.1) is 11.8 Å². The number of nitrogens with zero attached hydrogens (tertiary/aromatic N) is 1. The van der Waals surface area contributed by atoms with Gasteiger partial charge in [0.2, 0.25) is 5.78 Å². The first kappa shape index (κ1) is 20.3. The number of aliphatic hydroxyl groups excluding tert-OH is 1. The minimum atomic E-state index is -0.499. The lowest BCUT2D eigenvalue weighted by Crippen LogP contribution is -2.13. The number of furan rings is 2. The largest absolute Gasteiger partial charge is 0.504 e. The van der Waals surface area contributed by atoms with Crippen molar-refractivity contribution >= 4 is 51.5 Å². The van der Waals surface area contributed by atoms with E-state index >= 15 is 0 Å². The first-order valence-electron chi connectivity index (χ1n) is 8.10. The zero-order chi connectivity index (χ0) is 20.1. The number of hydrogen-bond acceptors (Lipinski definition) is 6. The van der Waals surface area contributed by atoms with Crippen LogP contribution in [0.4, 0.5) is 0 Å². The molecule has 144 valence electrons. The molecule has 0 amide bonds. The van der Waals surface area contributed by atoms with E-state index in [2.05, 4.69) is 4.99 Å². The molecule has 0 radical (unpaired) electrons. The van der Waals surface area contributed by atoms with Crippen LogP contribution in [0.1, 0.15) is 21.9 Å². The average Bonchev–Trinajstić information content (AvgIpc) is 3.40. The number of thioether (sulfide) groups is 1. The third-order valence-electron chi connectivity index (χ3n) is 3.74. The van der Waals surface area contributed by atoms with E-state index in [-0.39, 0.29) is 22.9 Å². The lowest BCUT2D eigenvalue weighted by molar-refractivity contribution is 0.101. The van der Waals surface area contributed by atoms with Crippen molar-refractivity contribution < 1.29 is 18.7 Å². The van der Waals surface area contributed by atoms with Gasteiger partial charge in [-0.3, -0.25) is 9.79 Å². The molecule has 1 aromatic carbocycles. The van der Waals surface area contributed by atoms with E-state index < -0.39 is 5.78 Å². The molecule has 5 nitrogen and oxygen atoms in total. The maximum atomic E-state index is 13.0. The lowest BCUT2D eigenvalue weighted by atomic mass is 10.1. The molecule has 0 aliphatic heterocycles. The molecule has 2 heterocycles. The molecule has 0 spiro atoms. The summed E-state index contributed by atoms with van der Waals surface area (Å²) in [7, 11) is 1.54. The average molecular weight is 436 g/mol. The van der Waals surface area contributed by atoms with Crippen LogP contribution in [-0.4, -0.2) is 23.0 Å². The van der Waals surface area contributed by atoms with Crippen molar-refractivity contribution in [2.45, 2.75) is 5.75 Å². The van der Waals surface area contributed by atoms with Crippen LogP contribution in [0, 0.1) is 0 Å². The van der Waals surface area contributed by atoms with Gasteiger partial charge in [0.25, 0.3) is 0 Å². The fourth-order valence-corrected chi connectivity index (χ4v) is 3.67. The van der Waals surface area contributed by atoms with Crippen LogP contribution >= 0.6 is 35.0 Å². The van der Waals surface area contributed by atoms with Crippen LogP contribution < -0.4 is 0 Å². The summed E-state index contributed by atoms with van der Waals surface area (Å²) in [6, 6.07) is 11.6. The van der Waals surface area contributed by atoms with E-state index in [9.17, 15) is 9.90 Å². The van der Waals surface area contributed by atoms with Gasteiger partial charge in [0.15, 0.2) is 17.3 Å². The fraction of sp³-hybridized carbons (Fsp3) is 0.100. The van der Waals surface area contributed by atoms with Crippen molar-refractivity contribution in [2.24, 2.45) is 4.99 Å². The number of rotatable bonds is 6. The highest BCUT2D eigenvalue weighted by Gasteiger charge is 2.26. The number of carbonyl (C=O) groups is 1. The Bertz CT molecular complexity index is 1020. The smallest absolute Gasteiger partial charge is 0.234 e. The SMILES string of the molecule is CN=C(SCc1ccc(Cl)c(Cl)c1)/C(C(=O)c1ccco1)=C(\O)c1ccco1. The topological polar surface area (TPSA) is 75.9 Å². The number of hydrogen-bond donors (Lipinski definition) is 1. The molecule has 0 saturated carbocycles. The molecular formula is C20H15Cl2NO4S. The van der Waals surface area contributed by atoms with E-state index in [4.69, 9.17) is 32.0 Å². The zero-order valence-electron chi connectivity index (χ0n) is 14.7. The normalized spacial score (nSPS) is 12.8. The van der Waals surface area contributed by atoms with Gasteiger partial charge in [-0.05, 0) is 42.0 Å². The molecule has 8 heteroatoms. The van der Waals surface area contributed by atoms with Crippen LogP contribution in [-0.2, 0) is 5.75 Å². The summed E-state index contributed by atoms with van der Waals surface area (Å²) < 4.78 is 10.5. The number of aliphatic hydroxyl groups is 1. The summed E-state index contributed by atoms with van der Waals surface area (Å²) in [4.78, 5) is 17.2. The predicted octanol–water partition coefficient (Wildman–Crippen LogP) is 6.29. The minimum Gasteiger partial charge on any atom is -0.504 e. The highest BCUT2D eigenvalue weighted by molar-refractivity contribution is 8.13. The number of aliphatic imine (C=N–C) groups is 1. The Kier molecular flexibility index (Phi) is 6.67. The summed E-state index contributed by atoms with van der Waals surface area (Å²) in [5.74, 6) is -0.102. The molecular weight excluding hydrogens is 421 g/mol. The third kappa shape index (κ3) is 4.52. The van der Waals surface area contributed by atoms with E-state index in [1.165, 1.54) is 30.4 Å². The molecule has 0 aliphatic rings. The molecule has 0 atom stereocenters. The van der Waals surface area contributed by atoms with Gasteiger partial charge in [-0.1, -0.05) is 29.3 Å². The Labute approximate surface area is 175 Å². The Morgan fingerprint density at radius 1 is 1.07 bits per heavy atom. The van der Waals surface area contributed by atoms with Gasteiger partial charge < -0.3 is 13.9 Å². The first-order chi connectivity index (χ1) is 13.5. The number of carbonyl (C=O) groups excluding carboxylic acids is 1. The van der Waals surface area contributed by atoms with E-state index in [1.54, 1.807) is 37.4 Å². The van der Waals surface area contributed by atoms with Crippen molar-refractivity contribution in [3.8, 4) is 0 Å². The number of Topliss-reactive ketones (excluding diaryl/α,β-unsaturated/α-hetero) is 1. The maximum Gasteiger partial charge on any atom is 0.234 e. The number of benzene rings is 1. The van der Waals surface area contributed by atoms with Crippen LogP contribution in [0.2, 0.25) is 10.0 Å². The predicted molar refractivity (Wildman–Crippen MR) is 112 cm³/mol. The van der Waals surface area contributed by atoms with Crippen LogP contribution in [0.3, 0.4) is 0 Å². The van der Waals surface area contributed by atoms with Gasteiger partial charge >= 0.3 is 0 Å². The summed E-state index contributed by atoms with van der Waals surface area (Å²) in [5.41, 5.74) is 0.889. The highest BCUT2D eigenvalue weighted by Crippen LogP contribution is 2.29. The van der Waals surface area contributed by atoms with Crippen molar-refractivity contribution in [3.05, 3.63) is 87.7 Å². The molecule has 28 heavy (non-hydrogen) atoms. The van der Waals surface area contributed by atoms with Crippen molar-refractivity contribution in [3.63, 3.8) is 0 Å². The standard InChI is InChI=1S/C20H15Cl2NO4S/c1-23-20(28-11-12-6-7-13(21)14(22)10-12)17(18(24)15-4-2-8-26-15)19(25)16-5-3-9-27-16/h2-10,24H,11H2,1H3/b18-17-,23-20?. The molecule has 3 aromatic rings. The van der Waals surface area contributed by atoms with Crippen LogP contribution in [0.25, 0.3) is 5.76 Å². The number of ketones is 1. The van der Waals surface area contributed by atoms with Gasteiger partial charge in [-0.2, -0.15) is 0 Å². The molecule has 0 saturated heterocycles. The van der Waals surface area contributed by atoms with Gasteiger partial charge in [-0.25, -0.2) is 0 Å². The Morgan fingerprint density at radius 2 is 1.75 bits per heavy atom. The van der Waals surface area contributed by atoms with Gasteiger partial charge in [0.1, 0.15) is 10.6 Å². The monoisotopic (exact) mass is 435 g/mol. The van der Waals surface area contributed by atoms with Gasteiger partial charge in [0, 0.05) is 12.8 Å². The fourth-order valence-electron chi connectivity index (χ4n) is 2.40. The minimum absolute atomic E-state index is 0.00235. The Hall–Kier alpha value is -2.41. The second kappa shape index (κ2) is 9.19. The highest BCUT2D eigenvalue weighted by atomic mass is 35.5. The Morgan fingerprint density at radius 3 is 2.32 bits per heavy atom. The summed E-state index contributed by atoms with van der Waals surface area (Å²) >= 11 is 13.3. The molecule has 2 aromatic heterocycles. The number of halogens is 2. The van der Waals surface area contributed by atoms with E-state index in [0.29, 0.717) is 20.8 Å². The van der Waals surface area contributed by atoms with Crippen molar-refractivity contribution in [2.75, 3.05) is 7.05 Å². The van der Waals surface area contributed by atoms with Crippen LogP contribution in [0.15, 0.2) is 74.4 Å². The first-order valence-corrected chi connectivity index (χ1v) is 9.84. The van der Waals surface area contributed by atoms with Crippen LogP contribution in [0.5, 0.6) is 0 Å². The summed E-state index contributed by atoms with van der Waals surface area (Å²) in [6.45, 7) is 0. The van der Waals surface area contributed by atoms with Crippen molar-refractivity contribution in [1.82, 2.24) is 0 Å². The lowest BCUT2D eigenvalue weighted by Gasteiger charge is -2.11. The summed E-state index contributed by atoms with van der Waals surface area (Å²) in [5, 5.41) is 11.9. The second-order valence-corrected chi connectivity index (χ2v) is 7.35. The molecule has 0 unspecified atom stereocenters. The summed E-state index contributed by atoms with van der Waals surface area (Å²) in [6.07, 6.45) is 2.80. The molecule has 0 fully saturated rings. The maximum absolute atomic E-state index is 13.0. The quantitative estimate of drug-likeness (QED) is 0.162. The molecule has 3 rings (SSSR count). The van der Waals surface area contributed by atoms with E-state index in [1.807, 2.05) is 6.07 Å². The molecule has 0 bridgehead atoms. The van der Waals surface area contributed by atoms with Gasteiger partial charge in [0.05, 0.1) is 22.6 Å². The molecule has 1 N–H and O–H groups in total. The van der Waals surface area contributed by atoms with E-state index in [0.717, 1.165) is 5.56 Å². The molecule has 0 aliphatic carbocycles. The Balaban J connectivity index is 1.94. The second-order valence-electron chi connectivity index (χ2n) is 5.57. The third-order valence-corrected chi connectivity index (χ3v) is 5.62. The van der Waals surface area contributed by atoms with Crippen molar-refractivity contribution in [1.29, 1.82) is 0 Å². The zero-order valence-corrected chi connectivity index (χ0v) is 17.0.